The van der Waals surface area contributed by atoms with Gasteiger partial charge >= 0.3 is 6.03 Å². The predicted molar refractivity (Wildman–Crippen MR) is 71.3 cm³/mol. The molecular formula is C14H21N3O. The third-order valence-corrected chi connectivity index (χ3v) is 3.26. The number of aromatic nitrogens is 1. The van der Waals surface area contributed by atoms with Crippen LogP contribution in [0.1, 0.15) is 37.1 Å². The van der Waals surface area contributed by atoms with Crippen molar-refractivity contribution >= 4 is 6.03 Å². The maximum atomic E-state index is 12.0. The van der Waals surface area contributed by atoms with Crippen molar-refractivity contribution in [1.29, 1.82) is 0 Å². The molecule has 0 unspecified atom stereocenters. The lowest BCUT2D eigenvalue weighted by Crippen LogP contribution is -2.40. The number of hydrogen-bond acceptors (Lipinski definition) is 2. The number of nitrogens with one attached hydrogen (secondary N) is 1. The van der Waals surface area contributed by atoms with Gasteiger partial charge in [0.15, 0.2) is 0 Å². The van der Waals surface area contributed by atoms with Crippen LogP contribution in [0.4, 0.5) is 4.79 Å². The van der Waals surface area contributed by atoms with Crippen LogP contribution >= 0.6 is 0 Å². The van der Waals surface area contributed by atoms with Crippen molar-refractivity contribution in [2.24, 2.45) is 0 Å². The van der Waals surface area contributed by atoms with Crippen LogP contribution in [0.15, 0.2) is 18.2 Å². The lowest BCUT2D eigenvalue weighted by Gasteiger charge is -2.20. The van der Waals surface area contributed by atoms with Gasteiger partial charge in [-0.2, -0.15) is 0 Å². The minimum absolute atomic E-state index is 0.0419. The second kappa shape index (κ2) is 6.38. The molecule has 1 aromatic heterocycles. The maximum Gasteiger partial charge on any atom is 0.317 e. The number of carbonyl (C=O) groups excluding carboxylic acids is 1. The summed E-state index contributed by atoms with van der Waals surface area (Å²) in [6, 6.07) is 5.91. The molecule has 0 aromatic carbocycles. The summed E-state index contributed by atoms with van der Waals surface area (Å²) in [7, 11) is 0. The summed E-state index contributed by atoms with van der Waals surface area (Å²) in [6.45, 7) is 4.23. The molecule has 2 rings (SSSR count). The number of likely N-dealkylation sites (tertiary alicyclic amines) is 1. The molecule has 1 aliphatic rings. The molecule has 98 valence electrons. The van der Waals surface area contributed by atoms with Crippen molar-refractivity contribution < 1.29 is 4.79 Å². The van der Waals surface area contributed by atoms with E-state index in [2.05, 4.69) is 10.3 Å². The van der Waals surface area contributed by atoms with E-state index in [1.54, 1.807) is 0 Å². The zero-order valence-electron chi connectivity index (χ0n) is 11.0. The molecule has 1 aromatic rings. The smallest absolute Gasteiger partial charge is 0.317 e. The van der Waals surface area contributed by atoms with Gasteiger partial charge in [-0.3, -0.25) is 4.98 Å². The quantitative estimate of drug-likeness (QED) is 0.872. The number of aryl methyl sites for hydroxylation is 1. The molecule has 2 amide bonds. The Morgan fingerprint density at radius 3 is 2.67 bits per heavy atom. The molecular weight excluding hydrogens is 226 g/mol. The van der Waals surface area contributed by atoms with Gasteiger partial charge in [-0.15, -0.1) is 0 Å². The average Bonchev–Trinajstić information content (AvgIpc) is 2.65. The summed E-state index contributed by atoms with van der Waals surface area (Å²) in [5.41, 5.74) is 1.90. The number of hydrogen-bond donors (Lipinski definition) is 1. The van der Waals surface area contributed by atoms with E-state index in [4.69, 9.17) is 0 Å². The Labute approximate surface area is 108 Å². The highest BCUT2D eigenvalue weighted by Crippen LogP contribution is 2.09. The molecule has 0 atom stereocenters. The number of carbonyl (C=O) groups is 1. The SMILES string of the molecule is Cc1cccc(CNC(=O)N2CCCCCC2)n1. The van der Waals surface area contributed by atoms with E-state index in [1.807, 2.05) is 30.0 Å². The monoisotopic (exact) mass is 247 g/mol. The summed E-state index contributed by atoms with van der Waals surface area (Å²) in [5, 5.41) is 2.95. The fourth-order valence-electron chi connectivity index (χ4n) is 2.25. The first-order chi connectivity index (χ1) is 8.75. The van der Waals surface area contributed by atoms with E-state index in [0.717, 1.165) is 37.3 Å². The van der Waals surface area contributed by atoms with Crippen LogP contribution in [0.2, 0.25) is 0 Å². The average molecular weight is 247 g/mol. The first kappa shape index (κ1) is 12.9. The fourth-order valence-corrected chi connectivity index (χ4v) is 2.25. The minimum atomic E-state index is 0.0419. The molecule has 1 fully saturated rings. The van der Waals surface area contributed by atoms with Crippen LogP contribution < -0.4 is 5.32 Å². The molecule has 0 spiro atoms. The van der Waals surface area contributed by atoms with Gasteiger partial charge in [0, 0.05) is 18.8 Å². The summed E-state index contributed by atoms with van der Waals surface area (Å²) >= 11 is 0. The van der Waals surface area contributed by atoms with E-state index in [0.29, 0.717) is 6.54 Å². The zero-order valence-corrected chi connectivity index (χ0v) is 11.0. The molecule has 1 saturated heterocycles. The van der Waals surface area contributed by atoms with Crippen molar-refractivity contribution in [2.75, 3.05) is 13.1 Å². The van der Waals surface area contributed by atoms with Gasteiger partial charge in [0.2, 0.25) is 0 Å². The standard InChI is InChI=1S/C14H21N3O/c1-12-7-6-8-13(16-12)11-15-14(18)17-9-4-2-3-5-10-17/h6-8H,2-5,9-11H2,1H3,(H,15,18). The third-order valence-electron chi connectivity index (χ3n) is 3.26. The number of urea groups is 1. The lowest BCUT2D eigenvalue weighted by molar-refractivity contribution is 0.199. The van der Waals surface area contributed by atoms with Gasteiger partial charge < -0.3 is 10.2 Å². The molecule has 2 heterocycles. The molecule has 4 heteroatoms. The van der Waals surface area contributed by atoms with Gasteiger partial charge in [0.1, 0.15) is 0 Å². The summed E-state index contributed by atoms with van der Waals surface area (Å²) in [4.78, 5) is 18.3. The topological polar surface area (TPSA) is 45.2 Å². The largest absolute Gasteiger partial charge is 0.332 e. The highest BCUT2D eigenvalue weighted by molar-refractivity contribution is 5.74. The van der Waals surface area contributed by atoms with Gasteiger partial charge in [-0.25, -0.2) is 4.79 Å². The Morgan fingerprint density at radius 1 is 1.28 bits per heavy atom. The highest BCUT2D eigenvalue weighted by atomic mass is 16.2. The van der Waals surface area contributed by atoms with Gasteiger partial charge in [0.25, 0.3) is 0 Å². The van der Waals surface area contributed by atoms with Crippen LogP contribution in [0.3, 0.4) is 0 Å². The first-order valence-corrected chi connectivity index (χ1v) is 6.71. The molecule has 18 heavy (non-hydrogen) atoms. The molecule has 0 bridgehead atoms. The van der Waals surface area contributed by atoms with E-state index in [-0.39, 0.29) is 6.03 Å². The van der Waals surface area contributed by atoms with Crippen molar-refractivity contribution in [3.05, 3.63) is 29.6 Å². The van der Waals surface area contributed by atoms with Crippen LogP contribution in [-0.4, -0.2) is 29.0 Å². The lowest BCUT2D eigenvalue weighted by atomic mass is 10.2. The number of pyridine rings is 1. The first-order valence-electron chi connectivity index (χ1n) is 6.71. The van der Waals surface area contributed by atoms with Crippen molar-refractivity contribution in [1.82, 2.24) is 15.2 Å². The van der Waals surface area contributed by atoms with Crippen LogP contribution in [-0.2, 0) is 6.54 Å². The van der Waals surface area contributed by atoms with Crippen molar-refractivity contribution in [2.45, 2.75) is 39.2 Å². The highest BCUT2D eigenvalue weighted by Gasteiger charge is 2.14. The Kier molecular flexibility index (Phi) is 4.56. The Balaban J connectivity index is 1.83. The predicted octanol–water partition coefficient (Wildman–Crippen LogP) is 2.48. The Hall–Kier alpha value is -1.58. The second-order valence-electron chi connectivity index (χ2n) is 4.83. The van der Waals surface area contributed by atoms with Gasteiger partial charge in [0.05, 0.1) is 12.2 Å². The van der Waals surface area contributed by atoms with Crippen LogP contribution in [0, 0.1) is 6.92 Å². The minimum Gasteiger partial charge on any atom is -0.332 e. The van der Waals surface area contributed by atoms with Crippen molar-refractivity contribution in [3.8, 4) is 0 Å². The van der Waals surface area contributed by atoms with Crippen LogP contribution in [0.5, 0.6) is 0 Å². The van der Waals surface area contributed by atoms with E-state index in [1.165, 1.54) is 12.8 Å². The fraction of sp³-hybridized carbons (Fsp3) is 0.571. The Bertz CT molecular complexity index is 398. The van der Waals surface area contributed by atoms with Crippen molar-refractivity contribution in [3.63, 3.8) is 0 Å². The van der Waals surface area contributed by atoms with Gasteiger partial charge in [-0.05, 0) is 31.9 Å². The molecule has 1 N–H and O–H groups in total. The molecule has 4 nitrogen and oxygen atoms in total. The molecule has 0 aliphatic carbocycles. The normalized spacial score (nSPS) is 16.2. The molecule has 0 saturated carbocycles. The van der Waals surface area contributed by atoms with Gasteiger partial charge in [-0.1, -0.05) is 18.9 Å². The number of nitrogens with zero attached hydrogens (tertiary/aromatic N) is 2. The second-order valence-corrected chi connectivity index (χ2v) is 4.83. The molecule has 1 aliphatic heterocycles. The Morgan fingerprint density at radius 2 is 2.00 bits per heavy atom. The zero-order chi connectivity index (χ0) is 12.8. The van der Waals surface area contributed by atoms with E-state index < -0.39 is 0 Å². The maximum absolute atomic E-state index is 12.0. The summed E-state index contributed by atoms with van der Waals surface area (Å²) in [5.74, 6) is 0. The number of rotatable bonds is 2. The molecule has 0 radical (unpaired) electrons. The third kappa shape index (κ3) is 3.72. The summed E-state index contributed by atoms with van der Waals surface area (Å²) in [6.07, 6.45) is 4.72. The summed E-state index contributed by atoms with van der Waals surface area (Å²) < 4.78 is 0. The van der Waals surface area contributed by atoms with E-state index in [9.17, 15) is 4.79 Å². The van der Waals surface area contributed by atoms with E-state index >= 15 is 0 Å². The number of amides is 2. The van der Waals surface area contributed by atoms with Crippen LogP contribution in [0.25, 0.3) is 0 Å².